The molecule has 0 fully saturated rings. The van der Waals surface area contributed by atoms with Crippen LogP contribution in [0, 0.1) is 0 Å². The zero-order chi connectivity index (χ0) is 16.8. The van der Waals surface area contributed by atoms with Crippen LogP contribution in [0.4, 0.5) is 5.69 Å². The van der Waals surface area contributed by atoms with Crippen LogP contribution >= 0.6 is 0 Å². The standard InChI is InChI=1S/C19H21NO4/c1-2-22-10-11-24-16-7-8-17-14(5-6-15-4-3-9-23-15)12-19(21)20-18(17)13-16/h3-9,13-14H,2,10-12H2,1H3,(H,20,21). The molecule has 3 rings (SSSR count). The average Bonchev–Trinajstić information content (AvgIpc) is 3.09. The fourth-order valence-corrected chi connectivity index (χ4v) is 2.70. The molecule has 0 saturated heterocycles. The van der Waals surface area contributed by atoms with Crippen LogP contribution in [0.3, 0.4) is 0 Å². The second-order valence-electron chi connectivity index (χ2n) is 5.53. The van der Waals surface area contributed by atoms with Gasteiger partial charge in [-0.2, -0.15) is 0 Å². The highest BCUT2D eigenvalue weighted by atomic mass is 16.5. The molecule has 2 heterocycles. The van der Waals surface area contributed by atoms with Crippen LogP contribution in [-0.2, 0) is 9.53 Å². The van der Waals surface area contributed by atoms with Gasteiger partial charge in [-0.25, -0.2) is 0 Å². The summed E-state index contributed by atoms with van der Waals surface area (Å²) in [5.41, 5.74) is 1.88. The largest absolute Gasteiger partial charge is 0.491 e. The molecular formula is C19H21NO4. The highest BCUT2D eigenvalue weighted by molar-refractivity contribution is 5.95. The number of hydrogen-bond acceptors (Lipinski definition) is 4. The summed E-state index contributed by atoms with van der Waals surface area (Å²) in [6.45, 7) is 3.66. The fourth-order valence-electron chi connectivity index (χ4n) is 2.70. The summed E-state index contributed by atoms with van der Waals surface area (Å²) in [7, 11) is 0. The predicted molar refractivity (Wildman–Crippen MR) is 92.2 cm³/mol. The molecule has 1 aromatic heterocycles. The highest BCUT2D eigenvalue weighted by Gasteiger charge is 2.23. The minimum absolute atomic E-state index is 0.00283. The Hall–Kier alpha value is -2.53. The molecule has 126 valence electrons. The molecule has 5 nitrogen and oxygen atoms in total. The van der Waals surface area contributed by atoms with Crippen LogP contribution in [0.2, 0.25) is 0 Å². The van der Waals surface area contributed by atoms with Crippen molar-refractivity contribution >= 4 is 17.7 Å². The number of ether oxygens (including phenoxy) is 2. The number of furan rings is 1. The average molecular weight is 327 g/mol. The van der Waals surface area contributed by atoms with Gasteiger partial charge >= 0.3 is 0 Å². The topological polar surface area (TPSA) is 60.7 Å². The number of amides is 1. The van der Waals surface area contributed by atoms with Gasteiger partial charge in [0.05, 0.1) is 12.9 Å². The van der Waals surface area contributed by atoms with Gasteiger partial charge in [0, 0.05) is 30.7 Å². The third-order valence-corrected chi connectivity index (χ3v) is 3.84. The monoisotopic (exact) mass is 327 g/mol. The van der Waals surface area contributed by atoms with Crippen LogP contribution in [-0.4, -0.2) is 25.7 Å². The number of nitrogens with one attached hydrogen (secondary N) is 1. The lowest BCUT2D eigenvalue weighted by molar-refractivity contribution is -0.116. The van der Waals surface area contributed by atoms with Crippen LogP contribution < -0.4 is 10.1 Å². The zero-order valence-electron chi connectivity index (χ0n) is 13.7. The predicted octanol–water partition coefficient (Wildman–Crippen LogP) is 3.83. The number of allylic oxidation sites excluding steroid dienone is 1. The number of hydrogen-bond donors (Lipinski definition) is 1. The van der Waals surface area contributed by atoms with Gasteiger partial charge in [-0.05, 0) is 36.8 Å². The maximum absolute atomic E-state index is 12.0. The van der Waals surface area contributed by atoms with Gasteiger partial charge in [-0.3, -0.25) is 4.79 Å². The summed E-state index contributed by atoms with van der Waals surface area (Å²) in [5.74, 6) is 1.53. The van der Waals surface area contributed by atoms with Crippen molar-refractivity contribution in [3.63, 3.8) is 0 Å². The van der Waals surface area contributed by atoms with E-state index >= 15 is 0 Å². The summed E-state index contributed by atoms with van der Waals surface area (Å²) in [6, 6.07) is 9.52. The number of anilines is 1. The molecule has 1 aliphatic rings. The Morgan fingerprint density at radius 3 is 3.04 bits per heavy atom. The fraction of sp³-hybridized carbons (Fsp3) is 0.316. The Morgan fingerprint density at radius 1 is 1.33 bits per heavy atom. The van der Waals surface area contributed by atoms with Crippen molar-refractivity contribution in [2.24, 2.45) is 0 Å². The summed E-state index contributed by atoms with van der Waals surface area (Å²) in [4.78, 5) is 12.0. The molecule has 0 spiro atoms. The van der Waals surface area contributed by atoms with Gasteiger partial charge in [0.2, 0.25) is 5.91 Å². The summed E-state index contributed by atoms with van der Waals surface area (Å²) < 4.78 is 16.2. The first-order valence-electron chi connectivity index (χ1n) is 8.12. The Morgan fingerprint density at radius 2 is 2.25 bits per heavy atom. The van der Waals surface area contributed by atoms with Crippen molar-refractivity contribution < 1.29 is 18.7 Å². The molecule has 1 aliphatic heterocycles. The number of fused-ring (bicyclic) bond motifs is 1. The van der Waals surface area contributed by atoms with E-state index in [1.165, 1.54) is 0 Å². The molecule has 1 atom stereocenters. The van der Waals surface area contributed by atoms with Crippen molar-refractivity contribution in [2.75, 3.05) is 25.1 Å². The number of rotatable bonds is 7. The molecular weight excluding hydrogens is 306 g/mol. The minimum Gasteiger partial charge on any atom is -0.491 e. The first-order chi connectivity index (χ1) is 11.8. The summed E-state index contributed by atoms with van der Waals surface area (Å²) >= 11 is 0. The SMILES string of the molecule is CCOCCOc1ccc2c(c1)NC(=O)CC2C=Cc1ccco1. The Balaban J connectivity index is 1.73. The minimum atomic E-state index is 0.00283. The molecule has 0 aliphatic carbocycles. The number of carbonyl (C=O) groups is 1. The van der Waals surface area contributed by atoms with Gasteiger partial charge in [-0.1, -0.05) is 12.1 Å². The van der Waals surface area contributed by atoms with E-state index in [1.54, 1.807) is 6.26 Å². The Bertz CT molecular complexity index is 706. The van der Waals surface area contributed by atoms with Crippen LogP contribution in [0.25, 0.3) is 6.08 Å². The normalized spacial score (nSPS) is 16.9. The molecule has 1 unspecified atom stereocenters. The first kappa shape index (κ1) is 16.3. The zero-order valence-corrected chi connectivity index (χ0v) is 13.7. The van der Waals surface area contributed by atoms with Crippen LogP contribution in [0.15, 0.2) is 47.1 Å². The van der Waals surface area contributed by atoms with E-state index < -0.39 is 0 Å². The number of benzene rings is 1. The molecule has 0 bridgehead atoms. The second kappa shape index (κ2) is 7.84. The van der Waals surface area contributed by atoms with E-state index in [9.17, 15) is 4.79 Å². The summed E-state index contributed by atoms with van der Waals surface area (Å²) in [6.07, 6.45) is 5.97. The quantitative estimate of drug-likeness (QED) is 0.785. The van der Waals surface area contributed by atoms with E-state index in [2.05, 4.69) is 5.32 Å². The van der Waals surface area contributed by atoms with Crippen molar-refractivity contribution in [1.29, 1.82) is 0 Å². The molecule has 1 amide bonds. The Labute approximate surface area is 141 Å². The molecule has 5 heteroatoms. The van der Waals surface area contributed by atoms with E-state index in [0.717, 1.165) is 22.8 Å². The van der Waals surface area contributed by atoms with Crippen molar-refractivity contribution in [3.05, 3.63) is 54.0 Å². The first-order valence-corrected chi connectivity index (χ1v) is 8.12. The molecule has 0 saturated carbocycles. The van der Waals surface area contributed by atoms with Crippen molar-refractivity contribution in [1.82, 2.24) is 0 Å². The van der Waals surface area contributed by atoms with Gasteiger partial charge in [-0.15, -0.1) is 0 Å². The van der Waals surface area contributed by atoms with Crippen molar-refractivity contribution in [2.45, 2.75) is 19.3 Å². The second-order valence-corrected chi connectivity index (χ2v) is 5.53. The van der Waals surface area contributed by atoms with Crippen LogP contribution in [0.1, 0.15) is 30.6 Å². The third kappa shape index (κ3) is 4.06. The van der Waals surface area contributed by atoms with E-state index in [0.29, 0.717) is 26.2 Å². The molecule has 1 N–H and O–H groups in total. The maximum atomic E-state index is 12.0. The molecule has 1 aromatic carbocycles. The van der Waals surface area contributed by atoms with E-state index in [-0.39, 0.29) is 11.8 Å². The lowest BCUT2D eigenvalue weighted by Gasteiger charge is -2.24. The van der Waals surface area contributed by atoms with Gasteiger partial charge < -0.3 is 19.2 Å². The molecule has 0 radical (unpaired) electrons. The van der Waals surface area contributed by atoms with Crippen molar-refractivity contribution in [3.8, 4) is 5.75 Å². The van der Waals surface area contributed by atoms with Crippen LogP contribution in [0.5, 0.6) is 5.75 Å². The lowest BCUT2D eigenvalue weighted by atomic mass is 9.90. The lowest BCUT2D eigenvalue weighted by Crippen LogP contribution is -2.22. The smallest absolute Gasteiger partial charge is 0.225 e. The molecule has 24 heavy (non-hydrogen) atoms. The van der Waals surface area contributed by atoms with E-state index in [1.807, 2.05) is 49.4 Å². The maximum Gasteiger partial charge on any atom is 0.225 e. The van der Waals surface area contributed by atoms with Gasteiger partial charge in [0.1, 0.15) is 18.1 Å². The molecule has 2 aromatic rings. The number of carbonyl (C=O) groups excluding carboxylic acids is 1. The highest BCUT2D eigenvalue weighted by Crippen LogP contribution is 2.36. The van der Waals surface area contributed by atoms with E-state index in [4.69, 9.17) is 13.9 Å². The third-order valence-electron chi connectivity index (χ3n) is 3.84. The van der Waals surface area contributed by atoms with Gasteiger partial charge in [0.25, 0.3) is 0 Å². The van der Waals surface area contributed by atoms with Gasteiger partial charge in [0.15, 0.2) is 0 Å². The summed E-state index contributed by atoms with van der Waals surface area (Å²) in [5, 5.41) is 2.92. The Kier molecular flexibility index (Phi) is 5.33.